The third kappa shape index (κ3) is 3.96. The molecule has 0 aliphatic rings. The van der Waals surface area contributed by atoms with Gasteiger partial charge in [0.1, 0.15) is 0 Å². The fourth-order valence-electron chi connectivity index (χ4n) is 0.760. The lowest BCUT2D eigenvalue weighted by molar-refractivity contribution is 0.982. The quantitative estimate of drug-likeness (QED) is 0.591. The van der Waals surface area contributed by atoms with Crippen molar-refractivity contribution in [1.82, 2.24) is 0 Å². The molecule has 0 rings (SSSR count). The van der Waals surface area contributed by atoms with E-state index in [-0.39, 0.29) is 0 Å². The van der Waals surface area contributed by atoms with Gasteiger partial charge in [0.2, 0.25) is 0 Å². The minimum Gasteiger partial charge on any atom is -0.402 e. The topological polar surface area (TPSA) is 26.0 Å². The summed E-state index contributed by atoms with van der Waals surface area (Å²) >= 11 is 0. The highest BCUT2D eigenvalue weighted by molar-refractivity contribution is 5.15. The Morgan fingerprint density at radius 2 is 2.20 bits per heavy atom. The minimum atomic E-state index is 0.718. The summed E-state index contributed by atoms with van der Waals surface area (Å²) in [5.74, 6) is 0. The van der Waals surface area contributed by atoms with Gasteiger partial charge in [0.15, 0.2) is 0 Å². The van der Waals surface area contributed by atoms with E-state index in [0.29, 0.717) is 0 Å². The third-order valence-corrected chi connectivity index (χ3v) is 1.26. The monoisotopic (exact) mass is 137 g/mol. The van der Waals surface area contributed by atoms with E-state index in [0.717, 1.165) is 18.5 Å². The summed E-state index contributed by atoms with van der Waals surface area (Å²) in [6.45, 7) is 9.33. The van der Waals surface area contributed by atoms with Crippen LogP contribution in [0.4, 0.5) is 0 Å². The van der Waals surface area contributed by atoms with Crippen LogP contribution in [0.25, 0.3) is 0 Å². The van der Waals surface area contributed by atoms with Crippen LogP contribution in [0.1, 0.15) is 19.8 Å². The number of rotatable bonds is 4. The average molecular weight is 137 g/mol. The average Bonchev–Trinajstić information content (AvgIpc) is 1.86. The first kappa shape index (κ1) is 9.02. The first-order valence-corrected chi connectivity index (χ1v) is 3.44. The van der Waals surface area contributed by atoms with Gasteiger partial charge >= 0.3 is 0 Å². The van der Waals surface area contributed by atoms with Crippen LogP contribution in [-0.4, -0.2) is 0 Å². The largest absolute Gasteiger partial charge is 0.402 e. The molecule has 56 valence electrons. The Balaban J connectivity index is 3.95. The maximum atomic E-state index is 5.43. The summed E-state index contributed by atoms with van der Waals surface area (Å²) in [6.07, 6.45) is 5.57. The van der Waals surface area contributed by atoms with Crippen LogP contribution in [0, 0.1) is 0 Å². The molecule has 0 aromatic rings. The van der Waals surface area contributed by atoms with Gasteiger partial charge in [0, 0.05) is 12.1 Å². The maximum absolute atomic E-state index is 5.43. The lowest BCUT2D eigenvalue weighted by atomic mass is 10.1. The van der Waals surface area contributed by atoms with Crippen LogP contribution < -0.4 is 5.73 Å². The normalized spacial score (nSPS) is 11.1. The number of nitrogens with two attached hydrogens (primary N) is 1. The Morgan fingerprint density at radius 1 is 1.60 bits per heavy atom. The first-order chi connectivity index (χ1) is 4.70. The highest BCUT2D eigenvalue weighted by Crippen LogP contribution is 2.08. The van der Waals surface area contributed by atoms with Gasteiger partial charge in [-0.25, -0.2) is 0 Å². The molecule has 0 aliphatic carbocycles. The summed E-state index contributed by atoms with van der Waals surface area (Å²) in [7, 11) is 0. The Bertz CT molecular complexity index is 154. The van der Waals surface area contributed by atoms with Crippen molar-refractivity contribution < 1.29 is 0 Å². The van der Waals surface area contributed by atoms with E-state index in [1.807, 2.05) is 6.08 Å². The molecule has 0 unspecified atom stereocenters. The molecule has 0 fully saturated rings. The molecular formula is C9H15N. The molecule has 0 aromatic carbocycles. The molecule has 0 atom stereocenters. The summed E-state index contributed by atoms with van der Waals surface area (Å²) in [5.41, 5.74) is 7.43. The van der Waals surface area contributed by atoms with E-state index in [4.69, 9.17) is 5.73 Å². The Labute approximate surface area is 62.9 Å². The van der Waals surface area contributed by atoms with Crippen LogP contribution in [-0.2, 0) is 0 Å². The summed E-state index contributed by atoms with van der Waals surface area (Å²) in [4.78, 5) is 0. The lowest BCUT2D eigenvalue weighted by Gasteiger charge is -2.01. The fourth-order valence-corrected chi connectivity index (χ4v) is 0.760. The van der Waals surface area contributed by atoms with Gasteiger partial charge in [0.05, 0.1) is 0 Å². The Kier molecular flexibility index (Phi) is 4.38. The van der Waals surface area contributed by atoms with Gasteiger partial charge in [-0.1, -0.05) is 37.8 Å². The molecule has 0 saturated carbocycles. The van der Waals surface area contributed by atoms with Crippen LogP contribution in [0.5, 0.6) is 0 Å². The zero-order chi connectivity index (χ0) is 7.98. The van der Waals surface area contributed by atoms with Gasteiger partial charge in [-0.15, -0.1) is 0 Å². The van der Waals surface area contributed by atoms with Gasteiger partial charge in [-0.3, -0.25) is 0 Å². The molecule has 0 aliphatic heterocycles. The van der Waals surface area contributed by atoms with Crippen molar-refractivity contribution in [2.45, 2.75) is 19.8 Å². The molecule has 0 amide bonds. The second-order valence-corrected chi connectivity index (χ2v) is 2.25. The molecule has 1 heteroatoms. The number of hydrogen-bond donors (Lipinski definition) is 1. The highest BCUT2D eigenvalue weighted by atomic mass is 14.6. The van der Waals surface area contributed by atoms with Crippen molar-refractivity contribution in [3.8, 4) is 0 Å². The van der Waals surface area contributed by atoms with Gasteiger partial charge < -0.3 is 5.73 Å². The van der Waals surface area contributed by atoms with Crippen molar-refractivity contribution in [3.63, 3.8) is 0 Å². The summed E-state index contributed by atoms with van der Waals surface area (Å²) < 4.78 is 0. The summed E-state index contributed by atoms with van der Waals surface area (Å²) in [6, 6.07) is 0. The third-order valence-electron chi connectivity index (χ3n) is 1.26. The molecule has 10 heavy (non-hydrogen) atoms. The Hall–Kier alpha value is -0.980. The van der Waals surface area contributed by atoms with Gasteiger partial charge in [0.25, 0.3) is 0 Å². The fraction of sp³-hybridized carbons (Fsp3) is 0.333. The van der Waals surface area contributed by atoms with Gasteiger partial charge in [-0.2, -0.15) is 0 Å². The highest BCUT2D eigenvalue weighted by Gasteiger charge is 1.92. The van der Waals surface area contributed by atoms with Crippen molar-refractivity contribution in [2.24, 2.45) is 5.73 Å². The van der Waals surface area contributed by atoms with E-state index in [2.05, 4.69) is 20.1 Å². The lowest BCUT2D eigenvalue weighted by Crippen LogP contribution is -1.95. The predicted octanol–water partition coefficient (Wildman–Crippen LogP) is 2.37. The zero-order valence-corrected chi connectivity index (χ0v) is 6.56. The molecule has 0 bridgehead atoms. The standard InChI is InChI=1S/C9H15N/c1-4-6-9(5-2)7-8(3)10/h4,6H,1,3,5,7,10H2,2H3/b9-6-. The molecule has 0 radical (unpaired) electrons. The van der Waals surface area contributed by atoms with E-state index in [1.54, 1.807) is 6.08 Å². The predicted molar refractivity (Wildman–Crippen MR) is 46.5 cm³/mol. The number of hydrogen-bond acceptors (Lipinski definition) is 1. The zero-order valence-electron chi connectivity index (χ0n) is 6.56. The van der Waals surface area contributed by atoms with E-state index in [1.165, 1.54) is 5.57 Å². The molecular weight excluding hydrogens is 122 g/mol. The van der Waals surface area contributed by atoms with Crippen molar-refractivity contribution >= 4 is 0 Å². The number of allylic oxidation sites excluding steroid dienone is 3. The smallest absolute Gasteiger partial charge is 0.00765 e. The van der Waals surface area contributed by atoms with Crippen LogP contribution >= 0.6 is 0 Å². The molecule has 0 aromatic heterocycles. The van der Waals surface area contributed by atoms with E-state index < -0.39 is 0 Å². The minimum absolute atomic E-state index is 0.718. The van der Waals surface area contributed by atoms with Crippen molar-refractivity contribution in [2.75, 3.05) is 0 Å². The molecule has 2 N–H and O–H groups in total. The molecule has 0 spiro atoms. The first-order valence-electron chi connectivity index (χ1n) is 3.44. The maximum Gasteiger partial charge on any atom is 0.00765 e. The van der Waals surface area contributed by atoms with E-state index >= 15 is 0 Å². The van der Waals surface area contributed by atoms with Crippen LogP contribution in [0.15, 0.2) is 36.6 Å². The molecule has 1 nitrogen and oxygen atoms in total. The van der Waals surface area contributed by atoms with E-state index in [9.17, 15) is 0 Å². The van der Waals surface area contributed by atoms with Gasteiger partial charge in [-0.05, 0) is 6.42 Å². The van der Waals surface area contributed by atoms with Crippen LogP contribution in [0.3, 0.4) is 0 Å². The second-order valence-electron chi connectivity index (χ2n) is 2.25. The molecule has 0 saturated heterocycles. The van der Waals surface area contributed by atoms with Crippen LogP contribution in [0.2, 0.25) is 0 Å². The van der Waals surface area contributed by atoms with Crippen molar-refractivity contribution in [3.05, 3.63) is 36.6 Å². The molecule has 0 heterocycles. The summed E-state index contributed by atoms with van der Waals surface area (Å²) in [5, 5.41) is 0. The second kappa shape index (κ2) is 4.86. The van der Waals surface area contributed by atoms with Crippen molar-refractivity contribution in [1.29, 1.82) is 0 Å². The Morgan fingerprint density at radius 3 is 2.50 bits per heavy atom. The SMILES string of the molecule is C=C/C=C(/CC)CC(=C)N.